The first kappa shape index (κ1) is 23.9. The highest BCUT2D eigenvalue weighted by Gasteiger charge is 2.41. The summed E-state index contributed by atoms with van der Waals surface area (Å²) in [5.74, 6) is -0.692. The van der Waals surface area contributed by atoms with E-state index in [-0.39, 0.29) is 40.4 Å². The molecule has 2 N–H and O–H groups in total. The van der Waals surface area contributed by atoms with Gasteiger partial charge in [0.05, 0.1) is 11.4 Å². The molecule has 0 atom stereocenters. The Morgan fingerprint density at radius 3 is 2.34 bits per heavy atom. The molecule has 0 saturated heterocycles. The van der Waals surface area contributed by atoms with Gasteiger partial charge in [-0.15, -0.1) is 0 Å². The van der Waals surface area contributed by atoms with Crippen LogP contribution in [0.5, 0.6) is 0 Å². The van der Waals surface area contributed by atoms with E-state index in [1.54, 1.807) is 19.0 Å². The second-order valence-electron chi connectivity index (χ2n) is 7.60. The quantitative estimate of drug-likeness (QED) is 0.555. The Labute approximate surface area is 183 Å². The smallest absolute Gasteiger partial charge is 0.308 e. The molecule has 0 amide bonds. The number of hydrogen-bond acceptors (Lipinski definition) is 4. The summed E-state index contributed by atoms with van der Waals surface area (Å²) in [6.45, 7) is 1.60. The standard InChI is InChI=1S/C21H22F4N4O2S/c1-13-8-9-14(12-16(13)22)18-19(15-6-4-5-7-17(15)32(26,30)31)27-29(11-10-28(2)3)20(18)21(23,24)25/h4-9,12H,10-11H2,1-3H3,(H2,26,30,31). The van der Waals surface area contributed by atoms with Gasteiger partial charge in [-0.3, -0.25) is 4.68 Å². The van der Waals surface area contributed by atoms with Gasteiger partial charge < -0.3 is 4.90 Å². The van der Waals surface area contributed by atoms with Crippen LogP contribution in [0.1, 0.15) is 11.3 Å². The van der Waals surface area contributed by atoms with Crippen LogP contribution in [-0.4, -0.2) is 43.7 Å². The van der Waals surface area contributed by atoms with Gasteiger partial charge in [-0.1, -0.05) is 30.3 Å². The Bertz CT molecular complexity index is 1250. The minimum Gasteiger partial charge on any atom is -0.308 e. The first-order valence-electron chi connectivity index (χ1n) is 9.52. The van der Waals surface area contributed by atoms with E-state index in [0.29, 0.717) is 0 Å². The summed E-state index contributed by atoms with van der Waals surface area (Å²) in [7, 11) is -0.876. The third-order valence-corrected chi connectivity index (χ3v) is 5.86. The average molecular weight is 470 g/mol. The van der Waals surface area contributed by atoms with Crippen LogP contribution >= 0.6 is 0 Å². The van der Waals surface area contributed by atoms with E-state index in [9.17, 15) is 26.0 Å². The number of primary sulfonamides is 1. The molecule has 0 aliphatic rings. The molecule has 0 bridgehead atoms. The number of hydrogen-bond donors (Lipinski definition) is 1. The summed E-state index contributed by atoms with van der Waals surface area (Å²) in [4.78, 5) is 1.31. The number of nitrogens with zero attached hydrogens (tertiary/aromatic N) is 3. The van der Waals surface area contributed by atoms with Crippen molar-refractivity contribution in [3.8, 4) is 22.4 Å². The molecule has 0 fully saturated rings. The Balaban J connectivity index is 2.43. The van der Waals surface area contributed by atoms with Crippen molar-refractivity contribution in [1.29, 1.82) is 0 Å². The van der Waals surface area contributed by atoms with Gasteiger partial charge in [-0.2, -0.15) is 18.3 Å². The lowest BCUT2D eigenvalue weighted by Crippen LogP contribution is -2.23. The average Bonchev–Trinajstić information content (AvgIpc) is 3.08. The topological polar surface area (TPSA) is 81.2 Å². The lowest BCUT2D eigenvalue weighted by atomic mass is 9.97. The van der Waals surface area contributed by atoms with Crippen molar-refractivity contribution in [2.45, 2.75) is 24.5 Å². The van der Waals surface area contributed by atoms with Gasteiger partial charge in [-0.25, -0.2) is 17.9 Å². The van der Waals surface area contributed by atoms with Crippen LogP contribution < -0.4 is 5.14 Å². The number of benzene rings is 2. The zero-order valence-corrected chi connectivity index (χ0v) is 18.4. The van der Waals surface area contributed by atoms with Crippen molar-refractivity contribution < 1.29 is 26.0 Å². The predicted molar refractivity (Wildman–Crippen MR) is 113 cm³/mol. The minimum atomic E-state index is -4.84. The maximum absolute atomic E-state index is 14.3. The number of aromatic nitrogens is 2. The van der Waals surface area contributed by atoms with Crippen molar-refractivity contribution in [3.63, 3.8) is 0 Å². The van der Waals surface area contributed by atoms with E-state index >= 15 is 0 Å². The van der Waals surface area contributed by atoms with Gasteiger partial charge in [0.2, 0.25) is 10.0 Å². The summed E-state index contributed by atoms with van der Waals surface area (Å²) in [6.07, 6.45) is -4.84. The largest absolute Gasteiger partial charge is 0.433 e. The number of aryl methyl sites for hydroxylation is 1. The molecule has 0 saturated carbocycles. The summed E-state index contributed by atoms with van der Waals surface area (Å²) in [6, 6.07) is 9.09. The Morgan fingerprint density at radius 2 is 1.78 bits per heavy atom. The van der Waals surface area contributed by atoms with Gasteiger partial charge in [0.1, 0.15) is 11.5 Å². The monoisotopic (exact) mass is 470 g/mol. The third-order valence-electron chi connectivity index (χ3n) is 4.89. The predicted octanol–water partition coefficient (Wildman–Crippen LogP) is 3.89. The molecule has 3 rings (SSSR count). The van der Waals surface area contributed by atoms with Gasteiger partial charge in [0.25, 0.3) is 0 Å². The molecule has 172 valence electrons. The normalized spacial score (nSPS) is 12.5. The molecule has 0 unspecified atom stereocenters. The van der Waals surface area contributed by atoms with Crippen LogP contribution in [0.2, 0.25) is 0 Å². The first-order valence-corrected chi connectivity index (χ1v) is 11.1. The minimum absolute atomic E-state index is 0.0734. The van der Waals surface area contributed by atoms with Gasteiger partial charge in [-0.05, 0) is 44.3 Å². The van der Waals surface area contributed by atoms with E-state index in [0.717, 1.165) is 10.7 Å². The van der Waals surface area contributed by atoms with E-state index in [1.165, 1.54) is 43.3 Å². The maximum Gasteiger partial charge on any atom is 0.433 e. The van der Waals surface area contributed by atoms with Crippen LogP contribution in [0, 0.1) is 12.7 Å². The molecule has 3 aromatic rings. The molecular formula is C21H22F4N4O2S. The highest BCUT2D eigenvalue weighted by molar-refractivity contribution is 7.89. The van der Waals surface area contributed by atoms with Crippen molar-refractivity contribution in [3.05, 3.63) is 59.5 Å². The zero-order chi connectivity index (χ0) is 23.8. The second-order valence-corrected chi connectivity index (χ2v) is 9.13. The zero-order valence-electron chi connectivity index (χ0n) is 17.6. The highest BCUT2D eigenvalue weighted by atomic mass is 32.2. The number of rotatable bonds is 6. The highest BCUT2D eigenvalue weighted by Crippen LogP contribution is 2.44. The van der Waals surface area contributed by atoms with Crippen molar-refractivity contribution in [2.24, 2.45) is 5.14 Å². The number of likely N-dealkylation sites (N-methyl/N-ethyl adjacent to an activating group) is 1. The van der Waals surface area contributed by atoms with E-state index in [1.807, 2.05) is 0 Å². The van der Waals surface area contributed by atoms with Crippen molar-refractivity contribution >= 4 is 10.0 Å². The molecule has 0 aliphatic carbocycles. The van der Waals surface area contributed by atoms with Crippen LogP contribution in [-0.2, 0) is 22.7 Å². The van der Waals surface area contributed by atoms with Gasteiger partial charge >= 0.3 is 6.18 Å². The first-order chi connectivity index (χ1) is 14.8. The van der Waals surface area contributed by atoms with E-state index in [4.69, 9.17) is 5.14 Å². The summed E-state index contributed by atoms with van der Waals surface area (Å²) >= 11 is 0. The molecule has 1 heterocycles. The summed E-state index contributed by atoms with van der Waals surface area (Å²) < 4.78 is 82.1. The Kier molecular flexibility index (Phi) is 6.45. The van der Waals surface area contributed by atoms with E-state index < -0.39 is 33.3 Å². The SMILES string of the molecule is Cc1ccc(-c2c(-c3ccccc3S(N)(=O)=O)nn(CCN(C)C)c2C(F)(F)F)cc1F. The third kappa shape index (κ3) is 4.84. The molecule has 11 heteroatoms. The molecule has 0 aliphatic heterocycles. The lowest BCUT2D eigenvalue weighted by Gasteiger charge is -2.15. The fourth-order valence-corrected chi connectivity index (χ4v) is 4.07. The fourth-order valence-electron chi connectivity index (χ4n) is 3.33. The molecule has 32 heavy (non-hydrogen) atoms. The fraction of sp³-hybridized carbons (Fsp3) is 0.286. The van der Waals surface area contributed by atoms with Crippen LogP contribution in [0.4, 0.5) is 17.6 Å². The number of nitrogens with two attached hydrogens (primary N) is 1. The summed E-state index contributed by atoms with van der Waals surface area (Å²) in [5, 5.41) is 9.45. The van der Waals surface area contributed by atoms with Crippen LogP contribution in [0.25, 0.3) is 22.4 Å². The molecule has 0 spiro atoms. The Morgan fingerprint density at radius 1 is 1.12 bits per heavy atom. The van der Waals surface area contributed by atoms with Crippen molar-refractivity contribution in [2.75, 3.05) is 20.6 Å². The van der Waals surface area contributed by atoms with Crippen molar-refractivity contribution in [1.82, 2.24) is 14.7 Å². The number of alkyl halides is 3. The number of sulfonamides is 1. The molecule has 6 nitrogen and oxygen atoms in total. The van der Waals surface area contributed by atoms with E-state index in [2.05, 4.69) is 5.10 Å². The number of halogens is 4. The van der Waals surface area contributed by atoms with Crippen LogP contribution in [0.3, 0.4) is 0 Å². The maximum atomic E-state index is 14.3. The second kappa shape index (κ2) is 8.64. The molecule has 1 aromatic heterocycles. The summed E-state index contributed by atoms with van der Waals surface area (Å²) in [5.41, 5.74) is -1.67. The molecule has 2 aromatic carbocycles. The molecule has 0 radical (unpaired) electrons. The molecular weight excluding hydrogens is 448 g/mol. The van der Waals surface area contributed by atoms with Gasteiger partial charge in [0, 0.05) is 17.7 Å². The van der Waals surface area contributed by atoms with Gasteiger partial charge in [0.15, 0.2) is 5.69 Å². The Hall–Kier alpha value is -2.76. The van der Waals surface area contributed by atoms with Crippen LogP contribution in [0.15, 0.2) is 47.4 Å². The lowest BCUT2D eigenvalue weighted by molar-refractivity contribution is -0.143.